The number of carbonyl (C=O) groups is 2. The van der Waals surface area contributed by atoms with Crippen LogP contribution in [0.3, 0.4) is 0 Å². The fraction of sp³-hybridized carbons (Fsp3) is 0.316. The quantitative estimate of drug-likeness (QED) is 0.843. The number of aromatic carboxylic acids is 1. The molecule has 0 amide bonds. The minimum Gasteiger partial charge on any atom is -0.497 e. The number of piperidine rings is 1. The van der Waals surface area contributed by atoms with E-state index in [4.69, 9.17) is 9.84 Å². The van der Waals surface area contributed by atoms with E-state index in [1.807, 2.05) is 4.90 Å². The Kier molecular flexibility index (Phi) is 4.97. The fourth-order valence-electron chi connectivity index (χ4n) is 3.08. The van der Waals surface area contributed by atoms with Crippen LogP contribution in [0, 0.1) is 5.92 Å². The van der Waals surface area contributed by atoms with E-state index in [0.29, 0.717) is 24.5 Å². The summed E-state index contributed by atoms with van der Waals surface area (Å²) in [6.45, 7) is 1.37. The first-order valence-corrected chi connectivity index (χ1v) is 8.22. The average Bonchev–Trinajstić information content (AvgIpc) is 2.67. The number of Topliss-reactive ketones (excluding diaryl/α,β-unsaturated/α-hetero) is 1. The van der Waals surface area contributed by atoms with Crippen LogP contribution < -0.4 is 9.64 Å². The number of carboxylic acid groups (broad SMARTS) is 1. The third-order valence-electron chi connectivity index (χ3n) is 4.52. The first-order valence-electron chi connectivity index (χ1n) is 8.22. The van der Waals surface area contributed by atoms with E-state index in [2.05, 4.69) is 4.98 Å². The van der Waals surface area contributed by atoms with Gasteiger partial charge in [-0.05, 0) is 49.2 Å². The molecule has 1 aromatic carbocycles. The molecule has 0 unspecified atom stereocenters. The number of carbonyl (C=O) groups excluding carboxylic acids is 1. The number of hydrogen-bond acceptors (Lipinski definition) is 5. The number of anilines is 1. The lowest BCUT2D eigenvalue weighted by atomic mass is 9.89. The monoisotopic (exact) mass is 340 g/mol. The van der Waals surface area contributed by atoms with Crippen LogP contribution in [0.25, 0.3) is 0 Å². The first kappa shape index (κ1) is 17.0. The number of methoxy groups -OCH3 is 1. The Morgan fingerprint density at radius 2 is 1.80 bits per heavy atom. The molecular formula is C19H20N2O4. The van der Waals surface area contributed by atoms with Gasteiger partial charge in [0.05, 0.1) is 7.11 Å². The molecule has 3 rings (SSSR count). The first-order chi connectivity index (χ1) is 12.1. The standard InChI is InChI=1S/C19H20N2O4/c1-25-15-7-5-13(6-8-15)18(22)14-9-11-21(12-10-14)17-4-2-3-16(20-17)19(23)24/h2-8,14H,9-12H2,1H3,(H,23,24). The van der Waals surface area contributed by atoms with Crippen molar-refractivity contribution in [1.82, 2.24) is 4.98 Å². The van der Waals surface area contributed by atoms with E-state index in [1.54, 1.807) is 43.5 Å². The van der Waals surface area contributed by atoms with Gasteiger partial charge in [0.2, 0.25) is 0 Å². The van der Waals surface area contributed by atoms with Crippen molar-refractivity contribution < 1.29 is 19.4 Å². The number of benzene rings is 1. The Balaban J connectivity index is 1.64. The molecule has 0 radical (unpaired) electrons. The van der Waals surface area contributed by atoms with E-state index < -0.39 is 5.97 Å². The minimum absolute atomic E-state index is 0.0210. The van der Waals surface area contributed by atoms with Gasteiger partial charge >= 0.3 is 5.97 Å². The van der Waals surface area contributed by atoms with E-state index >= 15 is 0 Å². The van der Waals surface area contributed by atoms with Crippen molar-refractivity contribution in [2.45, 2.75) is 12.8 Å². The summed E-state index contributed by atoms with van der Waals surface area (Å²) in [4.78, 5) is 29.9. The molecule has 6 nitrogen and oxygen atoms in total. The van der Waals surface area contributed by atoms with Crippen molar-refractivity contribution >= 4 is 17.6 Å². The summed E-state index contributed by atoms with van der Waals surface area (Å²) in [5.74, 6) is 0.472. The number of pyridine rings is 1. The summed E-state index contributed by atoms with van der Waals surface area (Å²) in [6, 6.07) is 12.2. The summed E-state index contributed by atoms with van der Waals surface area (Å²) in [6.07, 6.45) is 1.45. The second kappa shape index (κ2) is 7.34. The molecular weight excluding hydrogens is 320 g/mol. The zero-order valence-electron chi connectivity index (χ0n) is 14.0. The minimum atomic E-state index is -1.04. The van der Waals surface area contributed by atoms with Gasteiger partial charge < -0.3 is 14.7 Å². The number of ketones is 1. The lowest BCUT2D eigenvalue weighted by molar-refractivity contribution is 0.0690. The van der Waals surface area contributed by atoms with Crippen molar-refractivity contribution in [1.29, 1.82) is 0 Å². The molecule has 1 aromatic heterocycles. The van der Waals surface area contributed by atoms with Crippen LogP contribution in [0.1, 0.15) is 33.7 Å². The third-order valence-corrected chi connectivity index (χ3v) is 4.52. The van der Waals surface area contributed by atoms with Crippen molar-refractivity contribution in [2.75, 3.05) is 25.1 Å². The largest absolute Gasteiger partial charge is 0.497 e. The van der Waals surface area contributed by atoms with E-state index in [0.717, 1.165) is 18.6 Å². The number of hydrogen-bond donors (Lipinski definition) is 1. The van der Waals surface area contributed by atoms with Crippen molar-refractivity contribution in [3.63, 3.8) is 0 Å². The van der Waals surface area contributed by atoms with Crippen molar-refractivity contribution in [3.8, 4) is 5.75 Å². The molecule has 2 heterocycles. The lowest BCUT2D eigenvalue weighted by Crippen LogP contribution is -2.37. The maximum Gasteiger partial charge on any atom is 0.354 e. The van der Waals surface area contributed by atoms with Crippen molar-refractivity contribution in [2.24, 2.45) is 5.92 Å². The molecule has 1 N–H and O–H groups in total. The molecule has 0 atom stereocenters. The Morgan fingerprint density at radius 1 is 1.12 bits per heavy atom. The van der Waals surface area contributed by atoms with Gasteiger partial charge in [-0.2, -0.15) is 0 Å². The van der Waals surface area contributed by atoms with Crippen LogP contribution in [-0.4, -0.2) is 42.0 Å². The van der Waals surface area contributed by atoms with Gasteiger partial charge in [0.25, 0.3) is 0 Å². The Hall–Kier alpha value is -2.89. The number of nitrogens with zero attached hydrogens (tertiary/aromatic N) is 2. The normalized spacial score (nSPS) is 15.0. The number of carboxylic acids is 1. The van der Waals surface area contributed by atoms with E-state index in [9.17, 15) is 9.59 Å². The predicted octanol–water partition coefficient (Wildman–Crippen LogP) is 2.89. The second-order valence-corrected chi connectivity index (χ2v) is 6.04. The van der Waals surface area contributed by atoms with Crippen LogP contribution in [0.15, 0.2) is 42.5 Å². The Labute approximate surface area is 146 Å². The molecule has 1 saturated heterocycles. The highest BCUT2D eigenvalue weighted by Crippen LogP contribution is 2.25. The molecule has 0 saturated carbocycles. The highest BCUT2D eigenvalue weighted by atomic mass is 16.5. The maximum atomic E-state index is 12.6. The van der Waals surface area contributed by atoms with Crippen LogP contribution >= 0.6 is 0 Å². The molecule has 2 aromatic rings. The predicted molar refractivity (Wildman–Crippen MR) is 93.5 cm³/mol. The summed E-state index contributed by atoms with van der Waals surface area (Å²) < 4.78 is 5.12. The van der Waals surface area contributed by atoms with Crippen LogP contribution in [-0.2, 0) is 0 Å². The van der Waals surface area contributed by atoms with E-state index in [1.165, 1.54) is 6.07 Å². The maximum absolute atomic E-state index is 12.6. The highest BCUT2D eigenvalue weighted by Gasteiger charge is 2.26. The zero-order valence-corrected chi connectivity index (χ0v) is 14.0. The summed E-state index contributed by atoms with van der Waals surface area (Å²) in [5, 5.41) is 9.05. The molecule has 130 valence electrons. The number of ether oxygens (including phenoxy) is 1. The highest BCUT2D eigenvalue weighted by molar-refractivity contribution is 5.98. The second-order valence-electron chi connectivity index (χ2n) is 6.04. The zero-order chi connectivity index (χ0) is 17.8. The van der Waals surface area contributed by atoms with Crippen LogP contribution in [0.5, 0.6) is 5.75 Å². The molecule has 0 spiro atoms. The lowest BCUT2D eigenvalue weighted by Gasteiger charge is -2.32. The summed E-state index contributed by atoms with van der Waals surface area (Å²) >= 11 is 0. The van der Waals surface area contributed by atoms with Gasteiger partial charge in [-0.1, -0.05) is 6.07 Å². The Bertz CT molecular complexity index is 765. The molecule has 0 bridgehead atoms. The van der Waals surface area contributed by atoms with Gasteiger partial charge in [-0.25, -0.2) is 9.78 Å². The molecule has 1 aliphatic rings. The van der Waals surface area contributed by atoms with Gasteiger partial charge in [0.1, 0.15) is 11.6 Å². The van der Waals surface area contributed by atoms with Gasteiger partial charge in [0, 0.05) is 24.6 Å². The van der Waals surface area contributed by atoms with E-state index in [-0.39, 0.29) is 17.4 Å². The van der Waals surface area contributed by atoms with Gasteiger partial charge in [-0.15, -0.1) is 0 Å². The molecule has 25 heavy (non-hydrogen) atoms. The SMILES string of the molecule is COc1ccc(C(=O)C2CCN(c3cccc(C(=O)O)n3)CC2)cc1. The Morgan fingerprint density at radius 3 is 2.40 bits per heavy atom. The summed E-state index contributed by atoms with van der Waals surface area (Å²) in [7, 11) is 1.60. The fourth-order valence-corrected chi connectivity index (χ4v) is 3.08. The topological polar surface area (TPSA) is 79.7 Å². The van der Waals surface area contributed by atoms with Gasteiger partial charge in [0.15, 0.2) is 11.5 Å². The molecule has 6 heteroatoms. The number of aromatic nitrogens is 1. The molecule has 1 aliphatic heterocycles. The molecule has 0 aliphatic carbocycles. The number of rotatable bonds is 5. The molecule has 1 fully saturated rings. The van der Waals surface area contributed by atoms with Crippen LogP contribution in [0.2, 0.25) is 0 Å². The summed E-state index contributed by atoms with van der Waals surface area (Å²) in [5.41, 5.74) is 0.735. The average molecular weight is 340 g/mol. The third kappa shape index (κ3) is 3.79. The smallest absolute Gasteiger partial charge is 0.354 e. The van der Waals surface area contributed by atoms with Crippen LogP contribution in [0.4, 0.5) is 5.82 Å². The van der Waals surface area contributed by atoms with Gasteiger partial charge in [-0.3, -0.25) is 4.79 Å². The van der Waals surface area contributed by atoms with Crippen molar-refractivity contribution in [3.05, 3.63) is 53.7 Å².